The molecule has 0 saturated carbocycles. The minimum absolute atomic E-state index is 0.0137. The van der Waals surface area contributed by atoms with Crippen molar-refractivity contribution in [2.24, 2.45) is 0 Å². The fourth-order valence-corrected chi connectivity index (χ4v) is 2.81. The molecule has 1 aromatic carbocycles. The summed E-state index contributed by atoms with van der Waals surface area (Å²) in [6.45, 7) is 3.81. The molecule has 0 aliphatic carbocycles. The molecule has 2 heterocycles. The molecule has 1 saturated heterocycles. The van der Waals surface area contributed by atoms with Crippen LogP contribution in [0.25, 0.3) is 0 Å². The third kappa shape index (κ3) is 2.92. The second-order valence-electron chi connectivity index (χ2n) is 5.80. The average Bonchev–Trinajstić information content (AvgIpc) is 2.77. The van der Waals surface area contributed by atoms with E-state index in [0.717, 1.165) is 4.90 Å². The van der Waals surface area contributed by atoms with Gasteiger partial charge in [-0.3, -0.25) is 19.3 Å². The van der Waals surface area contributed by atoms with Gasteiger partial charge in [0.1, 0.15) is 0 Å². The number of hydrogen-bond acceptors (Lipinski definition) is 5. The molecule has 2 aliphatic heterocycles. The van der Waals surface area contributed by atoms with Crippen molar-refractivity contribution in [2.45, 2.75) is 13.0 Å². The standard InChI is InChI=1S/C16H19N3O4/c1-10-9-19(5-6-23-10)14(20)8-17-11-3-4-12-13(7-11)16(22)18(2)15(12)21/h3-4,7,10,17H,5-6,8-9H2,1-2H3/t10-/m0/s1. The van der Waals surface area contributed by atoms with Gasteiger partial charge in [-0.15, -0.1) is 0 Å². The van der Waals surface area contributed by atoms with E-state index in [4.69, 9.17) is 4.74 Å². The van der Waals surface area contributed by atoms with Gasteiger partial charge < -0.3 is 15.0 Å². The third-order valence-electron chi connectivity index (χ3n) is 4.13. The van der Waals surface area contributed by atoms with Gasteiger partial charge in [-0.1, -0.05) is 0 Å². The van der Waals surface area contributed by atoms with Crippen LogP contribution >= 0.6 is 0 Å². The normalized spacial score (nSPS) is 20.7. The van der Waals surface area contributed by atoms with Crippen molar-refractivity contribution in [2.75, 3.05) is 38.6 Å². The van der Waals surface area contributed by atoms with Crippen LogP contribution in [0.1, 0.15) is 27.6 Å². The molecule has 0 bridgehead atoms. The van der Waals surface area contributed by atoms with E-state index in [1.807, 2.05) is 6.92 Å². The van der Waals surface area contributed by atoms with E-state index in [1.54, 1.807) is 23.1 Å². The van der Waals surface area contributed by atoms with E-state index in [9.17, 15) is 14.4 Å². The van der Waals surface area contributed by atoms with Crippen molar-refractivity contribution in [1.29, 1.82) is 0 Å². The van der Waals surface area contributed by atoms with Crippen LogP contribution < -0.4 is 5.32 Å². The number of benzene rings is 1. The zero-order valence-electron chi connectivity index (χ0n) is 13.2. The summed E-state index contributed by atoms with van der Waals surface area (Å²) in [4.78, 5) is 38.9. The lowest BCUT2D eigenvalue weighted by Gasteiger charge is -2.31. The number of amides is 3. The monoisotopic (exact) mass is 317 g/mol. The summed E-state index contributed by atoms with van der Waals surface area (Å²) in [5.41, 5.74) is 1.42. The lowest BCUT2D eigenvalue weighted by molar-refractivity contribution is -0.136. The highest BCUT2D eigenvalue weighted by Crippen LogP contribution is 2.24. The van der Waals surface area contributed by atoms with E-state index in [0.29, 0.717) is 36.5 Å². The van der Waals surface area contributed by atoms with E-state index >= 15 is 0 Å². The fourth-order valence-electron chi connectivity index (χ4n) is 2.81. The van der Waals surface area contributed by atoms with Crippen LogP contribution in [0, 0.1) is 0 Å². The summed E-state index contributed by atoms with van der Waals surface area (Å²) < 4.78 is 5.41. The Morgan fingerprint density at radius 2 is 2.04 bits per heavy atom. The molecule has 3 rings (SSSR count). The summed E-state index contributed by atoms with van der Waals surface area (Å²) >= 11 is 0. The van der Waals surface area contributed by atoms with Gasteiger partial charge in [0.05, 0.1) is 30.4 Å². The molecule has 1 aromatic rings. The Morgan fingerprint density at radius 3 is 2.78 bits per heavy atom. The molecular formula is C16H19N3O4. The van der Waals surface area contributed by atoms with Crippen LogP contribution in [0.5, 0.6) is 0 Å². The molecule has 0 unspecified atom stereocenters. The minimum atomic E-state index is -0.318. The molecule has 122 valence electrons. The number of rotatable bonds is 3. The second-order valence-corrected chi connectivity index (χ2v) is 5.80. The smallest absolute Gasteiger partial charge is 0.261 e. The molecule has 0 aromatic heterocycles. The highest BCUT2D eigenvalue weighted by Gasteiger charge is 2.32. The molecule has 1 N–H and O–H groups in total. The van der Waals surface area contributed by atoms with E-state index in [-0.39, 0.29) is 30.4 Å². The Kier molecular flexibility index (Phi) is 4.04. The molecule has 23 heavy (non-hydrogen) atoms. The number of ether oxygens (including phenoxy) is 1. The van der Waals surface area contributed by atoms with E-state index in [2.05, 4.69) is 5.32 Å². The van der Waals surface area contributed by atoms with E-state index in [1.165, 1.54) is 7.05 Å². The predicted molar refractivity (Wildman–Crippen MR) is 83.3 cm³/mol. The fraction of sp³-hybridized carbons (Fsp3) is 0.438. The molecule has 7 nitrogen and oxygen atoms in total. The van der Waals surface area contributed by atoms with Crippen LogP contribution in [0.4, 0.5) is 5.69 Å². The molecular weight excluding hydrogens is 298 g/mol. The van der Waals surface area contributed by atoms with Gasteiger partial charge in [-0.05, 0) is 25.1 Å². The van der Waals surface area contributed by atoms with Crippen molar-refractivity contribution in [3.05, 3.63) is 29.3 Å². The quantitative estimate of drug-likeness (QED) is 0.825. The first-order chi connectivity index (χ1) is 11.0. The summed E-state index contributed by atoms with van der Waals surface area (Å²) in [6.07, 6.45) is 0.0480. The van der Waals surface area contributed by atoms with E-state index < -0.39 is 0 Å². The molecule has 0 radical (unpaired) electrons. The third-order valence-corrected chi connectivity index (χ3v) is 4.13. The van der Waals surface area contributed by atoms with Crippen LogP contribution in [0.15, 0.2) is 18.2 Å². The number of carbonyl (C=O) groups excluding carboxylic acids is 3. The van der Waals surface area contributed by atoms with Gasteiger partial charge in [0.2, 0.25) is 5.91 Å². The molecule has 0 spiro atoms. The first-order valence-electron chi connectivity index (χ1n) is 7.57. The maximum Gasteiger partial charge on any atom is 0.261 e. The largest absolute Gasteiger partial charge is 0.376 e. The number of anilines is 1. The topological polar surface area (TPSA) is 79.0 Å². The summed E-state index contributed by atoms with van der Waals surface area (Å²) in [6, 6.07) is 4.94. The number of morpholine rings is 1. The Labute approximate surface area is 134 Å². The van der Waals surface area contributed by atoms with Crippen LogP contribution in [0.2, 0.25) is 0 Å². The SMILES string of the molecule is C[C@H]1CN(C(=O)CNc2ccc3c(c2)C(=O)N(C)C3=O)CCO1. The summed E-state index contributed by atoms with van der Waals surface area (Å²) in [5.74, 6) is -0.628. The number of carbonyl (C=O) groups is 3. The Bertz CT molecular complexity index is 673. The zero-order chi connectivity index (χ0) is 16.6. The number of nitrogens with one attached hydrogen (secondary N) is 1. The van der Waals surface area contributed by atoms with Crippen molar-refractivity contribution >= 4 is 23.4 Å². The Hall–Kier alpha value is -2.41. The number of imide groups is 1. The molecule has 3 amide bonds. The number of nitrogens with zero attached hydrogens (tertiary/aromatic N) is 2. The van der Waals surface area contributed by atoms with Crippen LogP contribution in [0.3, 0.4) is 0 Å². The van der Waals surface area contributed by atoms with Crippen molar-refractivity contribution in [3.8, 4) is 0 Å². The van der Waals surface area contributed by atoms with Crippen LogP contribution in [-0.4, -0.2) is 66.9 Å². The second kappa shape index (κ2) is 6.00. The molecule has 1 fully saturated rings. The van der Waals surface area contributed by atoms with Gasteiger partial charge >= 0.3 is 0 Å². The summed E-state index contributed by atoms with van der Waals surface area (Å²) in [5, 5.41) is 3.02. The Morgan fingerprint density at radius 1 is 1.30 bits per heavy atom. The highest BCUT2D eigenvalue weighted by atomic mass is 16.5. The lowest BCUT2D eigenvalue weighted by Crippen LogP contribution is -2.46. The maximum absolute atomic E-state index is 12.2. The Balaban J connectivity index is 1.65. The maximum atomic E-state index is 12.2. The average molecular weight is 317 g/mol. The lowest BCUT2D eigenvalue weighted by atomic mass is 10.1. The van der Waals surface area contributed by atoms with Crippen molar-refractivity contribution < 1.29 is 19.1 Å². The molecule has 7 heteroatoms. The predicted octanol–water partition coefficient (Wildman–Crippen LogP) is 0.572. The number of fused-ring (bicyclic) bond motifs is 1. The first-order valence-corrected chi connectivity index (χ1v) is 7.57. The van der Waals surface area contributed by atoms with Crippen LogP contribution in [-0.2, 0) is 9.53 Å². The van der Waals surface area contributed by atoms with Gasteiger partial charge in [-0.25, -0.2) is 0 Å². The minimum Gasteiger partial charge on any atom is -0.376 e. The summed E-state index contributed by atoms with van der Waals surface area (Å²) in [7, 11) is 1.46. The first kappa shape index (κ1) is 15.5. The van der Waals surface area contributed by atoms with Gasteiger partial charge in [0.15, 0.2) is 0 Å². The molecule has 1 atom stereocenters. The highest BCUT2D eigenvalue weighted by molar-refractivity contribution is 6.21. The van der Waals surface area contributed by atoms with Gasteiger partial charge in [-0.2, -0.15) is 0 Å². The van der Waals surface area contributed by atoms with Crippen molar-refractivity contribution in [1.82, 2.24) is 9.80 Å². The zero-order valence-corrected chi connectivity index (χ0v) is 13.2. The number of hydrogen-bond donors (Lipinski definition) is 1. The molecule has 2 aliphatic rings. The van der Waals surface area contributed by atoms with Crippen molar-refractivity contribution in [3.63, 3.8) is 0 Å². The van der Waals surface area contributed by atoms with Gasteiger partial charge in [0, 0.05) is 25.8 Å². The van der Waals surface area contributed by atoms with Gasteiger partial charge in [0.25, 0.3) is 11.8 Å².